The average Bonchev–Trinajstić information content (AvgIpc) is 3.40. The Bertz CT molecular complexity index is 1140. The van der Waals surface area contributed by atoms with Crippen molar-refractivity contribution in [2.75, 3.05) is 24.7 Å². The zero-order valence-electron chi connectivity index (χ0n) is 16.7. The Kier molecular flexibility index (Phi) is 4.95. The van der Waals surface area contributed by atoms with Crippen molar-refractivity contribution in [2.45, 2.75) is 6.54 Å². The Hall–Kier alpha value is -3.58. The summed E-state index contributed by atoms with van der Waals surface area (Å²) in [5.41, 5.74) is 2.58. The normalized spacial score (nSPS) is 14.5. The van der Waals surface area contributed by atoms with Crippen molar-refractivity contribution in [3.63, 3.8) is 0 Å². The lowest BCUT2D eigenvalue weighted by molar-refractivity contribution is -0.118. The molecule has 0 unspecified atom stereocenters. The molecule has 5 rings (SSSR count). The van der Waals surface area contributed by atoms with Gasteiger partial charge in [0.25, 0.3) is 5.91 Å². The van der Waals surface area contributed by atoms with E-state index in [9.17, 15) is 9.59 Å². The van der Waals surface area contributed by atoms with E-state index in [1.54, 1.807) is 22.3 Å². The van der Waals surface area contributed by atoms with E-state index in [4.69, 9.17) is 9.47 Å². The van der Waals surface area contributed by atoms with E-state index in [0.29, 0.717) is 48.2 Å². The molecule has 2 aromatic carbocycles. The first-order valence-electron chi connectivity index (χ1n) is 9.94. The molecule has 0 saturated heterocycles. The second kappa shape index (κ2) is 7.92. The molecule has 2 aliphatic rings. The van der Waals surface area contributed by atoms with Gasteiger partial charge in [0, 0.05) is 33.5 Å². The van der Waals surface area contributed by atoms with Crippen molar-refractivity contribution in [3.8, 4) is 11.5 Å². The van der Waals surface area contributed by atoms with Gasteiger partial charge >= 0.3 is 0 Å². The van der Waals surface area contributed by atoms with Crippen LogP contribution in [0.25, 0.3) is 5.70 Å². The maximum Gasteiger partial charge on any atom is 0.259 e. The van der Waals surface area contributed by atoms with Gasteiger partial charge in [-0.1, -0.05) is 30.8 Å². The summed E-state index contributed by atoms with van der Waals surface area (Å²) in [6, 6.07) is 16.7. The maximum absolute atomic E-state index is 13.5. The molecule has 31 heavy (non-hydrogen) atoms. The van der Waals surface area contributed by atoms with Gasteiger partial charge < -0.3 is 14.4 Å². The van der Waals surface area contributed by atoms with Crippen molar-refractivity contribution in [1.29, 1.82) is 0 Å². The quantitative estimate of drug-likeness (QED) is 0.607. The lowest BCUT2D eigenvalue weighted by Gasteiger charge is -2.27. The number of benzene rings is 2. The molecule has 3 aromatic rings. The number of ether oxygens (including phenoxy) is 2. The molecular weight excluding hydrogens is 412 g/mol. The zero-order valence-corrected chi connectivity index (χ0v) is 17.6. The van der Waals surface area contributed by atoms with E-state index in [2.05, 4.69) is 6.58 Å². The van der Waals surface area contributed by atoms with Crippen LogP contribution in [-0.2, 0) is 11.3 Å². The van der Waals surface area contributed by atoms with Gasteiger partial charge in [0.05, 0.1) is 6.54 Å². The topological polar surface area (TPSA) is 59.1 Å². The average molecular weight is 433 g/mol. The molecule has 3 heterocycles. The molecule has 7 heteroatoms. The van der Waals surface area contributed by atoms with Crippen LogP contribution < -0.4 is 14.4 Å². The molecule has 0 atom stereocenters. The number of thiophene rings is 1. The molecule has 0 spiro atoms. The van der Waals surface area contributed by atoms with Gasteiger partial charge in [0.15, 0.2) is 11.5 Å². The molecule has 0 radical (unpaired) electrons. The summed E-state index contributed by atoms with van der Waals surface area (Å²) in [5, 5.41) is 1.98. The van der Waals surface area contributed by atoms with Crippen LogP contribution >= 0.6 is 11.3 Å². The highest BCUT2D eigenvalue weighted by molar-refractivity contribution is 7.09. The first-order valence-corrected chi connectivity index (χ1v) is 10.8. The monoisotopic (exact) mass is 432 g/mol. The summed E-state index contributed by atoms with van der Waals surface area (Å²) in [6.45, 7) is 5.33. The number of fused-ring (bicyclic) bond motifs is 2. The van der Waals surface area contributed by atoms with Gasteiger partial charge in [-0.3, -0.25) is 14.5 Å². The van der Waals surface area contributed by atoms with Crippen molar-refractivity contribution in [1.82, 2.24) is 4.90 Å². The molecule has 0 fully saturated rings. The van der Waals surface area contributed by atoms with E-state index in [-0.39, 0.29) is 18.4 Å². The standard InChI is InChI=1S/C24H20N2O4S/c1-16-19-6-2-3-7-20(19)24(28)25(16)15-23(27)26(14-18-5-4-12-31-18)17-8-9-21-22(13-17)30-11-10-29-21/h2-9,12-13H,1,10-11,14-15H2. The van der Waals surface area contributed by atoms with Gasteiger partial charge in [-0.2, -0.15) is 0 Å². The third-order valence-electron chi connectivity index (χ3n) is 5.37. The van der Waals surface area contributed by atoms with Crippen molar-refractivity contribution in [2.24, 2.45) is 0 Å². The van der Waals surface area contributed by atoms with E-state index >= 15 is 0 Å². The number of rotatable bonds is 5. The number of carbonyl (C=O) groups excluding carboxylic acids is 2. The minimum absolute atomic E-state index is 0.0911. The van der Waals surface area contributed by atoms with E-state index in [1.165, 1.54) is 4.90 Å². The first kappa shape index (κ1) is 19.4. The van der Waals surface area contributed by atoms with Crippen molar-refractivity contribution >= 4 is 34.5 Å². The first-order chi connectivity index (χ1) is 15.1. The van der Waals surface area contributed by atoms with Crippen LogP contribution in [0.3, 0.4) is 0 Å². The number of hydrogen-bond donors (Lipinski definition) is 0. The summed E-state index contributed by atoms with van der Waals surface area (Å²) in [7, 11) is 0. The molecule has 2 amide bonds. The van der Waals surface area contributed by atoms with Gasteiger partial charge in [-0.25, -0.2) is 0 Å². The Morgan fingerprint density at radius 2 is 1.81 bits per heavy atom. The molecule has 1 aromatic heterocycles. The Balaban J connectivity index is 1.44. The Labute approximate surface area is 183 Å². The third kappa shape index (κ3) is 3.57. The van der Waals surface area contributed by atoms with Crippen LogP contribution in [0, 0.1) is 0 Å². The molecule has 0 saturated carbocycles. The summed E-state index contributed by atoms with van der Waals surface area (Å²) < 4.78 is 11.3. The maximum atomic E-state index is 13.5. The Morgan fingerprint density at radius 1 is 1.03 bits per heavy atom. The summed E-state index contributed by atoms with van der Waals surface area (Å²) >= 11 is 1.58. The van der Waals surface area contributed by atoms with Crippen LogP contribution in [0.1, 0.15) is 20.8 Å². The fraction of sp³-hybridized carbons (Fsp3) is 0.167. The highest BCUT2D eigenvalue weighted by atomic mass is 32.1. The van der Waals surface area contributed by atoms with Gasteiger partial charge in [-0.15, -0.1) is 11.3 Å². The van der Waals surface area contributed by atoms with E-state index in [0.717, 1.165) is 10.4 Å². The van der Waals surface area contributed by atoms with Gasteiger partial charge in [0.2, 0.25) is 5.91 Å². The smallest absolute Gasteiger partial charge is 0.259 e. The number of nitrogens with zero attached hydrogens (tertiary/aromatic N) is 2. The lowest BCUT2D eigenvalue weighted by atomic mass is 10.1. The molecule has 6 nitrogen and oxygen atoms in total. The van der Waals surface area contributed by atoms with Crippen molar-refractivity contribution in [3.05, 3.63) is 82.6 Å². The summed E-state index contributed by atoms with van der Waals surface area (Å²) in [5.74, 6) is 0.874. The van der Waals surface area contributed by atoms with Gasteiger partial charge in [-0.05, 0) is 29.6 Å². The molecule has 0 aliphatic carbocycles. The molecule has 2 aliphatic heterocycles. The van der Waals surface area contributed by atoms with Crippen LogP contribution in [0.4, 0.5) is 5.69 Å². The van der Waals surface area contributed by atoms with E-state index in [1.807, 2.05) is 53.9 Å². The number of hydrogen-bond acceptors (Lipinski definition) is 5. The molecule has 0 N–H and O–H groups in total. The SMILES string of the molecule is C=C1c2ccccc2C(=O)N1CC(=O)N(Cc1cccs1)c1ccc2c(c1)OCCO2. The predicted molar refractivity (Wildman–Crippen MR) is 119 cm³/mol. The fourth-order valence-electron chi connectivity index (χ4n) is 3.80. The minimum atomic E-state index is -0.202. The summed E-state index contributed by atoms with van der Waals surface area (Å²) in [4.78, 5) is 30.5. The largest absolute Gasteiger partial charge is 0.486 e. The van der Waals surface area contributed by atoms with Crippen LogP contribution in [-0.4, -0.2) is 36.5 Å². The van der Waals surface area contributed by atoms with Crippen LogP contribution in [0.5, 0.6) is 11.5 Å². The molecule has 0 bridgehead atoms. The number of amides is 2. The van der Waals surface area contributed by atoms with E-state index < -0.39 is 0 Å². The Morgan fingerprint density at radius 3 is 2.55 bits per heavy atom. The van der Waals surface area contributed by atoms with Gasteiger partial charge in [0.1, 0.15) is 19.8 Å². The molecule has 156 valence electrons. The van der Waals surface area contributed by atoms with Crippen LogP contribution in [0.15, 0.2) is 66.6 Å². The lowest BCUT2D eigenvalue weighted by Crippen LogP contribution is -2.40. The van der Waals surface area contributed by atoms with Crippen LogP contribution in [0.2, 0.25) is 0 Å². The third-order valence-corrected chi connectivity index (χ3v) is 6.23. The fourth-order valence-corrected chi connectivity index (χ4v) is 4.50. The highest BCUT2D eigenvalue weighted by Crippen LogP contribution is 2.36. The number of carbonyl (C=O) groups is 2. The highest BCUT2D eigenvalue weighted by Gasteiger charge is 2.33. The summed E-state index contributed by atoms with van der Waals surface area (Å²) in [6.07, 6.45) is 0. The van der Waals surface area contributed by atoms with Crippen molar-refractivity contribution < 1.29 is 19.1 Å². The number of anilines is 1. The second-order valence-corrected chi connectivity index (χ2v) is 8.30. The minimum Gasteiger partial charge on any atom is -0.486 e. The predicted octanol–water partition coefficient (Wildman–Crippen LogP) is 4.18. The molecular formula is C24H20N2O4S. The zero-order chi connectivity index (χ0) is 21.4. The second-order valence-electron chi connectivity index (χ2n) is 7.27.